The van der Waals surface area contributed by atoms with E-state index in [1.54, 1.807) is 6.20 Å². The van der Waals surface area contributed by atoms with Gasteiger partial charge in [0.15, 0.2) is 0 Å². The Morgan fingerprint density at radius 2 is 2.00 bits per heavy atom. The largest absolute Gasteiger partial charge is 0.460 e. The number of aromatic nitrogens is 2. The lowest BCUT2D eigenvalue weighted by molar-refractivity contribution is -0.146. The van der Waals surface area contributed by atoms with Gasteiger partial charge in [-0.3, -0.25) is 14.4 Å². The molecular weight excluding hydrogens is 292 g/mol. The van der Waals surface area contributed by atoms with Gasteiger partial charge in [-0.15, -0.1) is 0 Å². The van der Waals surface area contributed by atoms with Crippen molar-refractivity contribution in [2.45, 2.75) is 25.5 Å². The number of benzene rings is 1. The van der Waals surface area contributed by atoms with Crippen molar-refractivity contribution >= 4 is 11.7 Å². The summed E-state index contributed by atoms with van der Waals surface area (Å²) >= 11 is 0. The van der Waals surface area contributed by atoms with Crippen LogP contribution >= 0.6 is 0 Å². The number of carbonyl (C=O) groups excluding carboxylic acids is 1. The second-order valence-corrected chi connectivity index (χ2v) is 5.91. The molecule has 1 aromatic carbocycles. The summed E-state index contributed by atoms with van der Waals surface area (Å²) in [4.78, 5) is 14.1. The number of nitrogens with zero attached hydrogens (tertiary/aromatic N) is 3. The van der Waals surface area contributed by atoms with Gasteiger partial charge in [0, 0.05) is 19.3 Å². The third-order valence-electron chi connectivity index (χ3n) is 4.15. The van der Waals surface area contributed by atoms with Gasteiger partial charge in [0.05, 0.1) is 24.5 Å². The Bertz CT molecular complexity index is 633. The molecule has 1 saturated heterocycles. The van der Waals surface area contributed by atoms with Crippen molar-refractivity contribution in [2.75, 3.05) is 25.4 Å². The summed E-state index contributed by atoms with van der Waals surface area (Å²) in [6, 6.07) is 10.1. The van der Waals surface area contributed by atoms with Gasteiger partial charge in [-0.25, -0.2) is 0 Å². The highest BCUT2D eigenvalue weighted by molar-refractivity contribution is 5.71. The van der Waals surface area contributed by atoms with Crippen LogP contribution in [0, 0.1) is 0 Å². The molecule has 2 heterocycles. The predicted molar refractivity (Wildman–Crippen MR) is 87.6 cm³/mol. The average Bonchev–Trinajstić information content (AvgIpc) is 3.01. The predicted octanol–water partition coefficient (Wildman–Crippen LogP) is 1.85. The van der Waals surface area contributed by atoms with Gasteiger partial charge in [-0.2, -0.15) is 5.10 Å². The lowest BCUT2D eigenvalue weighted by Gasteiger charge is -2.31. The zero-order valence-corrected chi connectivity index (χ0v) is 13.1. The zero-order valence-electron chi connectivity index (χ0n) is 13.1. The van der Waals surface area contributed by atoms with E-state index in [-0.39, 0.29) is 5.97 Å². The van der Waals surface area contributed by atoms with Gasteiger partial charge in [0.1, 0.15) is 6.61 Å². The quantitative estimate of drug-likeness (QED) is 0.853. The van der Waals surface area contributed by atoms with E-state index in [1.165, 1.54) is 0 Å². The van der Waals surface area contributed by atoms with Crippen LogP contribution in [0.4, 0.5) is 5.69 Å². The minimum Gasteiger partial charge on any atom is -0.460 e. The molecule has 6 nitrogen and oxygen atoms in total. The molecule has 0 radical (unpaired) electrons. The molecule has 0 spiro atoms. The van der Waals surface area contributed by atoms with Crippen molar-refractivity contribution in [1.82, 2.24) is 14.7 Å². The first-order chi connectivity index (χ1) is 11.2. The summed E-state index contributed by atoms with van der Waals surface area (Å²) in [6.45, 7) is 2.42. The fourth-order valence-corrected chi connectivity index (χ4v) is 2.86. The second kappa shape index (κ2) is 7.28. The molecule has 0 saturated carbocycles. The summed E-state index contributed by atoms with van der Waals surface area (Å²) in [5.74, 6) is -0.171. The van der Waals surface area contributed by atoms with Crippen LogP contribution in [-0.2, 0) is 16.1 Å². The zero-order chi connectivity index (χ0) is 16.1. The molecule has 1 aliphatic rings. The molecule has 1 fully saturated rings. The first-order valence-electron chi connectivity index (χ1n) is 7.92. The monoisotopic (exact) mass is 314 g/mol. The number of nitrogen functional groups attached to an aromatic ring is 1. The van der Waals surface area contributed by atoms with Crippen LogP contribution in [0.15, 0.2) is 42.7 Å². The van der Waals surface area contributed by atoms with E-state index in [4.69, 9.17) is 10.5 Å². The van der Waals surface area contributed by atoms with Crippen LogP contribution in [0.1, 0.15) is 24.4 Å². The van der Waals surface area contributed by atoms with Gasteiger partial charge in [-0.1, -0.05) is 30.3 Å². The summed E-state index contributed by atoms with van der Waals surface area (Å²) < 4.78 is 7.26. The molecule has 0 bridgehead atoms. The van der Waals surface area contributed by atoms with Crippen molar-refractivity contribution in [3.63, 3.8) is 0 Å². The van der Waals surface area contributed by atoms with E-state index in [2.05, 4.69) is 10.00 Å². The number of rotatable bonds is 5. The summed E-state index contributed by atoms with van der Waals surface area (Å²) in [5.41, 5.74) is 7.41. The van der Waals surface area contributed by atoms with Crippen LogP contribution in [0.5, 0.6) is 0 Å². The molecule has 0 atom stereocenters. The molecule has 6 heteroatoms. The van der Waals surface area contributed by atoms with Crippen LogP contribution in [0.25, 0.3) is 0 Å². The van der Waals surface area contributed by atoms with E-state index >= 15 is 0 Å². The molecule has 2 N–H and O–H groups in total. The van der Waals surface area contributed by atoms with E-state index in [1.807, 2.05) is 41.2 Å². The second-order valence-electron chi connectivity index (χ2n) is 5.91. The third kappa shape index (κ3) is 4.32. The van der Waals surface area contributed by atoms with E-state index in [0.29, 0.717) is 24.9 Å². The van der Waals surface area contributed by atoms with Gasteiger partial charge < -0.3 is 10.5 Å². The fraction of sp³-hybridized carbons (Fsp3) is 0.412. The topological polar surface area (TPSA) is 73.4 Å². The summed E-state index contributed by atoms with van der Waals surface area (Å²) in [5, 5.41) is 4.27. The lowest BCUT2D eigenvalue weighted by Crippen LogP contribution is -2.38. The van der Waals surface area contributed by atoms with Gasteiger partial charge in [0.25, 0.3) is 0 Å². The third-order valence-corrected chi connectivity index (χ3v) is 4.15. The molecule has 0 aliphatic carbocycles. The summed E-state index contributed by atoms with van der Waals surface area (Å²) in [7, 11) is 0. The van der Waals surface area contributed by atoms with E-state index in [0.717, 1.165) is 31.5 Å². The number of piperidine rings is 1. The van der Waals surface area contributed by atoms with Crippen molar-refractivity contribution in [1.29, 1.82) is 0 Å². The molecule has 0 unspecified atom stereocenters. The first-order valence-corrected chi connectivity index (χ1v) is 7.92. The Balaban J connectivity index is 1.41. The Labute approximate surface area is 135 Å². The minimum atomic E-state index is -0.171. The lowest BCUT2D eigenvalue weighted by atomic mass is 10.1. The Hall–Kier alpha value is -2.34. The van der Waals surface area contributed by atoms with Crippen molar-refractivity contribution in [3.05, 3.63) is 48.3 Å². The Kier molecular flexibility index (Phi) is 4.92. The number of carbonyl (C=O) groups is 1. The van der Waals surface area contributed by atoms with Gasteiger partial charge >= 0.3 is 5.97 Å². The number of anilines is 1. The minimum absolute atomic E-state index is 0.171. The number of hydrogen-bond donors (Lipinski definition) is 1. The number of likely N-dealkylation sites (tertiary alicyclic amines) is 1. The molecule has 122 valence electrons. The highest BCUT2D eigenvalue weighted by Crippen LogP contribution is 2.22. The Morgan fingerprint density at radius 1 is 1.26 bits per heavy atom. The molecule has 0 amide bonds. The van der Waals surface area contributed by atoms with Gasteiger partial charge in [0.2, 0.25) is 0 Å². The van der Waals surface area contributed by atoms with Gasteiger partial charge in [-0.05, 0) is 18.4 Å². The standard InChI is InChI=1S/C17H22N4O2/c18-15-10-19-21(11-15)16-6-8-20(9-7-16)12-17(22)23-13-14-4-2-1-3-5-14/h1-5,10-11,16H,6-9,12-13,18H2. The van der Waals surface area contributed by atoms with E-state index in [9.17, 15) is 4.79 Å². The molecular formula is C17H22N4O2. The number of hydrogen-bond acceptors (Lipinski definition) is 5. The first kappa shape index (κ1) is 15.6. The molecule has 3 rings (SSSR count). The van der Waals surface area contributed by atoms with Crippen LogP contribution in [-0.4, -0.2) is 40.3 Å². The maximum Gasteiger partial charge on any atom is 0.320 e. The normalized spacial score (nSPS) is 16.3. The molecule has 23 heavy (non-hydrogen) atoms. The maximum atomic E-state index is 11.9. The van der Waals surface area contributed by atoms with Crippen molar-refractivity contribution in [2.24, 2.45) is 0 Å². The summed E-state index contributed by atoms with van der Waals surface area (Å²) in [6.07, 6.45) is 5.47. The van der Waals surface area contributed by atoms with E-state index < -0.39 is 0 Å². The smallest absolute Gasteiger partial charge is 0.320 e. The highest BCUT2D eigenvalue weighted by Gasteiger charge is 2.22. The average molecular weight is 314 g/mol. The van der Waals surface area contributed by atoms with Crippen molar-refractivity contribution < 1.29 is 9.53 Å². The number of esters is 1. The van der Waals surface area contributed by atoms with Crippen LogP contribution < -0.4 is 5.73 Å². The molecule has 2 aromatic rings. The number of nitrogens with two attached hydrogens (primary N) is 1. The van der Waals surface area contributed by atoms with Crippen molar-refractivity contribution in [3.8, 4) is 0 Å². The van der Waals surface area contributed by atoms with Crippen LogP contribution in [0.2, 0.25) is 0 Å². The fourth-order valence-electron chi connectivity index (χ4n) is 2.86. The Morgan fingerprint density at radius 3 is 2.65 bits per heavy atom. The highest BCUT2D eigenvalue weighted by atomic mass is 16.5. The van der Waals surface area contributed by atoms with Crippen LogP contribution in [0.3, 0.4) is 0 Å². The maximum absolute atomic E-state index is 11.9. The molecule has 1 aromatic heterocycles. The molecule has 1 aliphatic heterocycles. The number of ether oxygens (including phenoxy) is 1. The SMILES string of the molecule is Nc1cnn(C2CCN(CC(=O)OCc3ccccc3)CC2)c1.